The normalized spacial score (nSPS) is 17.3. The summed E-state index contributed by atoms with van der Waals surface area (Å²) in [5.41, 5.74) is 9.59. The lowest BCUT2D eigenvalue weighted by molar-refractivity contribution is 1.39. The molecule has 1 heterocycles. The van der Waals surface area contributed by atoms with Gasteiger partial charge in [-0.05, 0) is 30.7 Å². The molecule has 0 bridgehead atoms. The van der Waals surface area contributed by atoms with Crippen molar-refractivity contribution in [2.45, 2.75) is 6.42 Å². The number of rotatable bonds is 0. The van der Waals surface area contributed by atoms with Crippen molar-refractivity contribution in [3.63, 3.8) is 0 Å². The van der Waals surface area contributed by atoms with Gasteiger partial charge in [0, 0.05) is 16.3 Å². The van der Waals surface area contributed by atoms with Gasteiger partial charge in [0.2, 0.25) is 0 Å². The van der Waals surface area contributed by atoms with Crippen LogP contribution >= 0.6 is 11.6 Å². The van der Waals surface area contributed by atoms with Gasteiger partial charge >= 0.3 is 0 Å². The molecule has 4 heteroatoms. The Morgan fingerprint density at radius 3 is 2.94 bits per heavy atom. The quantitative estimate of drug-likeness (QED) is 0.747. The monoisotopic (exact) mass is 257 g/mol. The Labute approximate surface area is 110 Å². The zero-order valence-corrected chi connectivity index (χ0v) is 10.4. The molecule has 90 valence electrons. The average Bonchev–Trinajstić information content (AvgIpc) is 2.63. The molecular formula is C14H12ClN3. The number of aliphatic imine (C=N–C) groups is 1. The number of halogens is 1. The maximum absolute atomic E-state index is 6.05. The van der Waals surface area contributed by atoms with Crippen LogP contribution in [0.1, 0.15) is 6.42 Å². The number of hydrogen-bond donors (Lipinski definition) is 2. The van der Waals surface area contributed by atoms with Crippen LogP contribution in [0.15, 0.2) is 58.8 Å². The number of hydrogen-bond acceptors (Lipinski definition) is 3. The molecule has 1 aliphatic carbocycles. The molecular weight excluding hydrogens is 246 g/mol. The van der Waals surface area contributed by atoms with Crippen molar-refractivity contribution in [3.8, 4) is 0 Å². The molecule has 2 aliphatic rings. The summed E-state index contributed by atoms with van der Waals surface area (Å²) in [5, 5.41) is 4.00. The van der Waals surface area contributed by atoms with Crippen LogP contribution in [0, 0.1) is 0 Å². The van der Waals surface area contributed by atoms with Gasteiger partial charge < -0.3 is 11.1 Å². The van der Waals surface area contributed by atoms with E-state index in [1.165, 1.54) is 0 Å². The second-order valence-corrected chi connectivity index (χ2v) is 4.59. The van der Waals surface area contributed by atoms with Gasteiger partial charge in [0.1, 0.15) is 5.84 Å². The summed E-state index contributed by atoms with van der Waals surface area (Å²) in [4.78, 5) is 4.43. The van der Waals surface area contributed by atoms with Gasteiger partial charge in [-0.1, -0.05) is 29.8 Å². The number of nitrogens with zero attached hydrogens (tertiary/aromatic N) is 1. The van der Waals surface area contributed by atoms with Gasteiger partial charge in [0.25, 0.3) is 0 Å². The number of amidine groups is 1. The molecule has 0 spiro atoms. The van der Waals surface area contributed by atoms with Crippen molar-refractivity contribution in [1.82, 2.24) is 0 Å². The number of benzene rings is 1. The van der Waals surface area contributed by atoms with Gasteiger partial charge in [0.05, 0.1) is 11.4 Å². The fourth-order valence-corrected chi connectivity index (χ4v) is 2.17. The van der Waals surface area contributed by atoms with E-state index in [2.05, 4.69) is 22.5 Å². The van der Waals surface area contributed by atoms with Gasteiger partial charge in [0.15, 0.2) is 0 Å². The molecule has 0 saturated carbocycles. The van der Waals surface area contributed by atoms with Crippen molar-refractivity contribution in [2.24, 2.45) is 10.7 Å². The van der Waals surface area contributed by atoms with Crippen molar-refractivity contribution in [3.05, 3.63) is 58.8 Å². The number of nitrogens with one attached hydrogen (secondary N) is 1. The largest absolute Gasteiger partial charge is 0.383 e. The third-order valence-electron chi connectivity index (χ3n) is 2.88. The summed E-state index contributed by atoms with van der Waals surface area (Å²) in [7, 11) is 0. The predicted octanol–water partition coefficient (Wildman–Crippen LogP) is 3.52. The first-order valence-corrected chi connectivity index (χ1v) is 6.10. The number of fused-ring (bicyclic) bond motifs is 1. The maximum Gasteiger partial charge on any atom is 0.133 e. The molecule has 3 N–H and O–H groups in total. The third-order valence-corrected chi connectivity index (χ3v) is 3.11. The molecule has 0 saturated heterocycles. The molecule has 1 aromatic rings. The predicted molar refractivity (Wildman–Crippen MR) is 76.3 cm³/mol. The van der Waals surface area contributed by atoms with Gasteiger partial charge in [-0.25, -0.2) is 4.99 Å². The van der Waals surface area contributed by atoms with E-state index in [1.807, 2.05) is 24.3 Å². The van der Waals surface area contributed by atoms with Crippen LogP contribution in [0.2, 0.25) is 5.02 Å². The van der Waals surface area contributed by atoms with Crippen LogP contribution in [-0.2, 0) is 0 Å². The summed E-state index contributed by atoms with van der Waals surface area (Å²) in [6, 6.07) is 5.55. The zero-order valence-electron chi connectivity index (χ0n) is 9.65. The summed E-state index contributed by atoms with van der Waals surface area (Å²) in [6.45, 7) is 0. The minimum Gasteiger partial charge on any atom is -0.383 e. The topological polar surface area (TPSA) is 50.4 Å². The van der Waals surface area contributed by atoms with Crippen LogP contribution < -0.4 is 11.1 Å². The highest BCUT2D eigenvalue weighted by Crippen LogP contribution is 2.33. The highest BCUT2D eigenvalue weighted by molar-refractivity contribution is 6.31. The standard InChI is InChI=1S/C14H12ClN3/c15-9-6-7-12-13(8-9)18-14(16)10-4-2-1-3-5-11(10)17-12/h2-8,17H,1H2,(H2,16,18). The highest BCUT2D eigenvalue weighted by atomic mass is 35.5. The Hall–Kier alpha value is -2.00. The Morgan fingerprint density at radius 2 is 2.06 bits per heavy atom. The van der Waals surface area contributed by atoms with Gasteiger partial charge in [-0.2, -0.15) is 0 Å². The van der Waals surface area contributed by atoms with Crippen molar-refractivity contribution in [2.75, 3.05) is 5.32 Å². The molecule has 0 unspecified atom stereocenters. The summed E-state index contributed by atoms with van der Waals surface area (Å²) in [6.07, 6.45) is 9.07. The molecule has 18 heavy (non-hydrogen) atoms. The van der Waals surface area contributed by atoms with Crippen LogP contribution in [0.5, 0.6) is 0 Å². The van der Waals surface area contributed by atoms with Crippen LogP contribution in [0.3, 0.4) is 0 Å². The number of nitrogens with two attached hydrogens (primary N) is 1. The van der Waals surface area contributed by atoms with Crippen LogP contribution in [0.25, 0.3) is 0 Å². The zero-order chi connectivity index (χ0) is 12.5. The first-order valence-electron chi connectivity index (χ1n) is 5.72. The summed E-state index contributed by atoms with van der Waals surface area (Å²) in [5.74, 6) is 0.501. The molecule has 0 fully saturated rings. The Balaban J connectivity index is 2.18. The van der Waals surface area contributed by atoms with E-state index in [0.717, 1.165) is 29.1 Å². The second-order valence-electron chi connectivity index (χ2n) is 4.15. The lowest BCUT2D eigenvalue weighted by Gasteiger charge is -2.08. The first kappa shape index (κ1) is 11.1. The van der Waals surface area contributed by atoms with Gasteiger partial charge in [-0.3, -0.25) is 0 Å². The van der Waals surface area contributed by atoms with Crippen molar-refractivity contribution >= 4 is 28.8 Å². The lowest BCUT2D eigenvalue weighted by atomic mass is 10.2. The molecule has 0 radical (unpaired) electrons. The Bertz CT molecular complexity index is 624. The summed E-state index contributed by atoms with van der Waals surface area (Å²) >= 11 is 5.98. The molecule has 0 aromatic heterocycles. The second kappa shape index (κ2) is 4.35. The van der Waals surface area contributed by atoms with E-state index in [1.54, 1.807) is 6.07 Å². The number of allylic oxidation sites excluding steroid dienone is 3. The van der Waals surface area contributed by atoms with E-state index in [4.69, 9.17) is 17.3 Å². The highest BCUT2D eigenvalue weighted by Gasteiger charge is 2.15. The fourth-order valence-electron chi connectivity index (χ4n) is 2.00. The SMILES string of the molecule is NC1=Nc2cc(Cl)ccc2NC2=C1C=CCC=C2. The van der Waals surface area contributed by atoms with Crippen molar-refractivity contribution in [1.29, 1.82) is 0 Å². The fraction of sp³-hybridized carbons (Fsp3) is 0.0714. The Kier molecular flexibility index (Phi) is 2.68. The van der Waals surface area contributed by atoms with Crippen molar-refractivity contribution < 1.29 is 0 Å². The molecule has 1 aromatic carbocycles. The van der Waals surface area contributed by atoms with E-state index >= 15 is 0 Å². The maximum atomic E-state index is 6.05. The van der Waals surface area contributed by atoms with Crippen LogP contribution in [0.4, 0.5) is 11.4 Å². The molecule has 3 nitrogen and oxygen atoms in total. The van der Waals surface area contributed by atoms with E-state index in [0.29, 0.717) is 10.9 Å². The lowest BCUT2D eigenvalue weighted by Crippen LogP contribution is -2.15. The molecule has 3 rings (SSSR count). The summed E-state index contributed by atoms with van der Waals surface area (Å²) < 4.78 is 0. The molecule has 0 atom stereocenters. The number of anilines is 1. The van der Waals surface area contributed by atoms with E-state index in [-0.39, 0.29) is 0 Å². The smallest absolute Gasteiger partial charge is 0.133 e. The minimum absolute atomic E-state index is 0.501. The van der Waals surface area contributed by atoms with E-state index < -0.39 is 0 Å². The van der Waals surface area contributed by atoms with Crippen LogP contribution in [-0.4, -0.2) is 5.84 Å². The molecule has 1 aliphatic heterocycles. The molecule has 0 amide bonds. The van der Waals surface area contributed by atoms with E-state index in [9.17, 15) is 0 Å². The first-order chi connectivity index (χ1) is 8.74. The third kappa shape index (κ3) is 1.93. The van der Waals surface area contributed by atoms with Gasteiger partial charge in [-0.15, -0.1) is 0 Å². The minimum atomic E-state index is 0.501. The Morgan fingerprint density at radius 1 is 1.22 bits per heavy atom. The average molecular weight is 258 g/mol.